The number of benzene rings is 1. The van der Waals surface area contributed by atoms with Crippen LogP contribution in [0.5, 0.6) is 0 Å². The predicted octanol–water partition coefficient (Wildman–Crippen LogP) is 1.65. The van der Waals surface area contributed by atoms with Gasteiger partial charge in [0.2, 0.25) is 0 Å². The van der Waals surface area contributed by atoms with Crippen LogP contribution in [-0.2, 0) is 13.5 Å². The summed E-state index contributed by atoms with van der Waals surface area (Å²) in [4.78, 5) is 12.5. The molecule has 25 heavy (non-hydrogen) atoms. The van der Waals surface area contributed by atoms with Crippen molar-refractivity contribution in [1.29, 1.82) is 0 Å². The zero-order chi connectivity index (χ0) is 17.8. The van der Waals surface area contributed by atoms with Gasteiger partial charge in [-0.15, -0.1) is 0 Å². The lowest BCUT2D eigenvalue weighted by Crippen LogP contribution is -2.41. The number of aryl methyl sites for hydroxylation is 1. The number of nitrogens with two attached hydrogens (primary N) is 1. The zero-order valence-corrected chi connectivity index (χ0v) is 13.9. The van der Waals surface area contributed by atoms with Gasteiger partial charge >= 0.3 is 0 Å². The SMILES string of the molecule is Cn1nccc1-n1ccc(C(=O)N[C@H](CN)Cc2cccc(F)c2)c1. The van der Waals surface area contributed by atoms with E-state index in [-0.39, 0.29) is 24.3 Å². The van der Waals surface area contributed by atoms with Gasteiger partial charge in [0.25, 0.3) is 5.91 Å². The molecule has 2 heterocycles. The Bertz CT molecular complexity index is 870. The lowest BCUT2D eigenvalue weighted by molar-refractivity contribution is 0.0938. The monoisotopic (exact) mass is 341 g/mol. The molecule has 2 aromatic heterocycles. The summed E-state index contributed by atoms with van der Waals surface area (Å²) >= 11 is 0. The van der Waals surface area contributed by atoms with E-state index >= 15 is 0 Å². The third kappa shape index (κ3) is 3.95. The molecule has 0 aliphatic rings. The number of hydrogen-bond acceptors (Lipinski definition) is 3. The van der Waals surface area contributed by atoms with Crippen molar-refractivity contribution in [2.24, 2.45) is 12.8 Å². The van der Waals surface area contributed by atoms with Gasteiger partial charge in [-0.2, -0.15) is 5.10 Å². The molecule has 0 aliphatic carbocycles. The van der Waals surface area contributed by atoms with E-state index in [4.69, 9.17) is 5.73 Å². The second-order valence-corrected chi connectivity index (χ2v) is 5.86. The highest BCUT2D eigenvalue weighted by molar-refractivity contribution is 5.94. The minimum atomic E-state index is -0.298. The Labute approximate surface area is 145 Å². The second-order valence-electron chi connectivity index (χ2n) is 5.86. The summed E-state index contributed by atoms with van der Waals surface area (Å²) in [7, 11) is 1.83. The Morgan fingerprint density at radius 3 is 2.88 bits per heavy atom. The first-order valence-electron chi connectivity index (χ1n) is 7.98. The van der Waals surface area contributed by atoms with Gasteiger partial charge in [-0.1, -0.05) is 12.1 Å². The number of carbonyl (C=O) groups is 1. The molecule has 1 atom stereocenters. The van der Waals surface area contributed by atoms with Gasteiger partial charge in [0.05, 0.1) is 11.8 Å². The number of aromatic nitrogens is 3. The fourth-order valence-electron chi connectivity index (χ4n) is 2.70. The van der Waals surface area contributed by atoms with E-state index in [0.717, 1.165) is 11.4 Å². The fourth-order valence-corrected chi connectivity index (χ4v) is 2.70. The summed E-state index contributed by atoms with van der Waals surface area (Å²) in [5.74, 6) is 0.342. The lowest BCUT2D eigenvalue weighted by Gasteiger charge is -2.16. The molecule has 0 radical (unpaired) electrons. The number of nitrogens with one attached hydrogen (secondary N) is 1. The van der Waals surface area contributed by atoms with Gasteiger partial charge in [-0.3, -0.25) is 9.48 Å². The van der Waals surface area contributed by atoms with Crippen molar-refractivity contribution in [3.8, 4) is 5.82 Å². The molecule has 1 amide bonds. The maximum absolute atomic E-state index is 13.3. The number of hydrogen-bond donors (Lipinski definition) is 2. The molecule has 0 spiro atoms. The summed E-state index contributed by atoms with van der Waals surface area (Å²) in [5, 5.41) is 7.01. The molecule has 7 heteroatoms. The summed E-state index contributed by atoms with van der Waals surface area (Å²) in [6.45, 7) is 0.269. The maximum Gasteiger partial charge on any atom is 0.253 e. The first-order chi connectivity index (χ1) is 12.1. The largest absolute Gasteiger partial charge is 0.348 e. The molecule has 3 N–H and O–H groups in total. The highest BCUT2D eigenvalue weighted by Crippen LogP contribution is 2.11. The van der Waals surface area contributed by atoms with Crippen molar-refractivity contribution < 1.29 is 9.18 Å². The molecule has 0 saturated carbocycles. The van der Waals surface area contributed by atoms with E-state index in [1.54, 1.807) is 35.4 Å². The van der Waals surface area contributed by atoms with Gasteiger partial charge in [0, 0.05) is 38.1 Å². The molecular formula is C18H20FN5O. The Balaban J connectivity index is 1.68. The van der Waals surface area contributed by atoms with Crippen molar-refractivity contribution >= 4 is 5.91 Å². The Morgan fingerprint density at radius 1 is 1.36 bits per heavy atom. The van der Waals surface area contributed by atoms with Gasteiger partial charge in [-0.05, 0) is 30.2 Å². The van der Waals surface area contributed by atoms with Crippen molar-refractivity contribution in [3.05, 3.63) is 71.9 Å². The average molecular weight is 341 g/mol. The molecule has 130 valence electrons. The van der Waals surface area contributed by atoms with E-state index in [9.17, 15) is 9.18 Å². The summed E-state index contributed by atoms with van der Waals surface area (Å²) in [5.41, 5.74) is 7.08. The van der Waals surface area contributed by atoms with Crippen LogP contribution in [0, 0.1) is 5.82 Å². The van der Waals surface area contributed by atoms with Crippen LogP contribution >= 0.6 is 0 Å². The molecule has 0 saturated heterocycles. The number of halogens is 1. The maximum atomic E-state index is 13.3. The van der Waals surface area contributed by atoms with Crippen LogP contribution in [0.4, 0.5) is 4.39 Å². The Hall–Kier alpha value is -2.93. The van der Waals surface area contributed by atoms with E-state index < -0.39 is 0 Å². The summed E-state index contributed by atoms with van der Waals surface area (Å²) in [6, 6.07) is 9.63. The van der Waals surface area contributed by atoms with Crippen LogP contribution in [0.1, 0.15) is 15.9 Å². The van der Waals surface area contributed by atoms with Crippen LogP contribution in [0.3, 0.4) is 0 Å². The standard InChI is InChI=1S/C18H20FN5O/c1-23-17(5-7-21-23)24-8-6-14(12-24)18(25)22-16(11-20)10-13-3-2-4-15(19)9-13/h2-9,12,16H,10-11,20H2,1H3,(H,22,25)/t16-/m0/s1. The first kappa shape index (κ1) is 16.9. The summed E-state index contributed by atoms with van der Waals surface area (Å²) in [6.07, 6.45) is 5.71. The second kappa shape index (κ2) is 7.31. The van der Waals surface area contributed by atoms with Crippen LogP contribution in [0.25, 0.3) is 5.82 Å². The van der Waals surface area contributed by atoms with E-state index in [2.05, 4.69) is 10.4 Å². The zero-order valence-electron chi connectivity index (χ0n) is 13.9. The van der Waals surface area contributed by atoms with Gasteiger partial charge in [0.1, 0.15) is 11.6 Å². The minimum absolute atomic E-state index is 0.215. The minimum Gasteiger partial charge on any atom is -0.348 e. The quantitative estimate of drug-likeness (QED) is 0.716. The topological polar surface area (TPSA) is 77.9 Å². The van der Waals surface area contributed by atoms with Crippen LogP contribution < -0.4 is 11.1 Å². The van der Waals surface area contributed by atoms with Crippen LogP contribution in [0.2, 0.25) is 0 Å². The third-order valence-electron chi connectivity index (χ3n) is 4.01. The molecule has 6 nitrogen and oxygen atoms in total. The summed E-state index contributed by atoms with van der Waals surface area (Å²) < 4.78 is 16.8. The van der Waals surface area contributed by atoms with Crippen molar-refractivity contribution in [2.75, 3.05) is 6.54 Å². The smallest absolute Gasteiger partial charge is 0.253 e. The Kier molecular flexibility index (Phi) is 4.95. The number of nitrogens with zero attached hydrogens (tertiary/aromatic N) is 3. The fraction of sp³-hybridized carbons (Fsp3) is 0.222. The number of rotatable bonds is 6. The van der Waals surface area contributed by atoms with Gasteiger partial charge in [0.15, 0.2) is 0 Å². The highest BCUT2D eigenvalue weighted by atomic mass is 19.1. The predicted molar refractivity (Wildman–Crippen MR) is 92.9 cm³/mol. The first-order valence-corrected chi connectivity index (χ1v) is 7.98. The number of carbonyl (C=O) groups excluding carboxylic acids is 1. The van der Waals surface area contributed by atoms with E-state index in [0.29, 0.717) is 12.0 Å². The molecule has 3 rings (SSSR count). The molecule has 0 unspecified atom stereocenters. The van der Waals surface area contributed by atoms with Gasteiger partial charge < -0.3 is 15.6 Å². The van der Waals surface area contributed by atoms with Crippen molar-refractivity contribution in [1.82, 2.24) is 19.7 Å². The Morgan fingerprint density at radius 2 is 2.20 bits per heavy atom. The molecule has 1 aromatic carbocycles. The highest BCUT2D eigenvalue weighted by Gasteiger charge is 2.15. The molecule has 3 aromatic rings. The average Bonchev–Trinajstić information content (AvgIpc) is 3.22. The molecular weight excluding hydrogens is 321 g/mol. The van der Waals surface area contributed by atoms with Crippen LogP contribution in [-0.4, -0.2) is 32.8 Å². The normalized spacial score (nSPS) is 12.1. The van der Waals surface area contributed by atoms with E-state index in [1.807, 2.05) is 23.7 Å². The van der Waals surface area contributed by atoms with Crippen molar-refractivity contribution in [2.45, 2.75) is 12.5 Å². The lowest BCUT2D eigenvalue weighted by atomic mass is 10.1. The van der Waals surface area contributed by atoms with Crippen LogP contribution in [0.15, 0.2) is 55.0 Å². The molecule has 0 bridgehead atoms. The third-order valence-corrected chi connectivity index (χ3v) is 4.01. The number of amides is 1. The molecule has 0 fully saturated rings. The van der Waals surface area contributed by atoms with Gasteiger partial charge in [-0.25, -0.2) is 4.39 Å². The van der Waals surface area contributed by atoms with Crippen molar-refractivity contribution in [3.63, 3.8) is 0 Å². The van der Waals surface area contributed by atoms with E-state index in [1.165, 1.54) is 12.1 Å². The molecule has 0 aliphatic heterocycles.